The second-order valence-electron chi connectivity index (χ2n) is 3.72. The first-order valence-corrected chi connectivity index (χ1v) is 5.30. The zero-order valence-corrected chi connectivity index (χ0v) is 9.67. The van der Waals surface area contributed by atoms with E-state index in [0.717, 1.165) is 6.08 Å². The molecule has 0 radical (unpaired) electrons. The molecule has 1 N–H and O–H groups in total. The maximum Gasteiger partial charge on any atom is 0.328 e. The van der Waals surface area contributed by atoms with Crippen molar-refractivity contribution in [1.29, 1.82) is 0 Å². The second kappa shape index (κ2) is 4.83. The van der Waals surface area contributed by atoms with E-state index in [2.05, 4.69) is 5.10 Å². The summed E-state index contributed by atoms with van der Waals surface area (Å²) in [4.78, 5) is 10.4. The third-order valence-corrected chi connectivity index (χ3v) is 2.53. The number of nitrogens with zero attached hydrogens (tertiary/aromatic N) is 2. The van der Waals surface area contributed by atoms with Gasteiger partial charge in [0, 0.05) is 17.3 Å². The lowest BCUT2D eigenvalue weighted by Gasteiger charge is -2.05. The highest BCUT2D eigenvalue weighted by Crippen LogP contribution is 2.17. The van der Waals surface area contributed by atoms with Gasteiger partial charge in [-0.2, -0.15) is 5.10 Å². The van der Waals surface area contributed by atoms with Crippen LogP contribution in [0.1, 0.15) is 11.3 Å². The van der Waals surface area contributed by atoms with Crippen molar-refractivity contribution in [3.63, 3.8) is 0 Å². The molecule has 2 aromatic rings. The third kappa shape index (κ3) is 2.29. The van der Waals surface area contributed by atoms with E-state index in [9.17, 15) is 9.18 Å². The molecule has 1 heterocycles. The van der Waals surface area contributed by atoms with Gasteiger partial charge in [-0.05, 0) is 25.1 Å². The summed E-state index contributed by atoms with van der Waals surface area (Å²) in [5.41, 5.74) is 1.66. The first-order valence-electron chi connectivity index (χ1n) is 5.30. The van der Waals surface area contributed by atoms with Gasteiger partial charge < -0.3 is 5.11 Å². The lowest BCUT2D eigenvalue weighted by molar-refractivity contribution is -0.131. The zero-order valence-electron chi connectivity index (χ0n) is 9.67. The maximum atomic E-state index is 13.6. The van der Waals surface area contributed by atoms with Crippen LogP contribution in [0.2, 0.25) is 0 Å². The molecule has 2 rings (SSSR count). The molecule has 0 amide bonds. The van der Waals surface area contributed by atoms with Gasteiger partial charge in [0.2, 0.25) is 0 Å². The van der Waals surface area contributed by atoms with Gasteiger partial charge in [0.15, 0.2) is 0 Å². The minimum Gasteiger partial charge on any atom is -0.478 e. The summed E-state index contributed by atoms with van der Waals surface area (Å²) in [6.07, 6.45) is 3.96. The quantitative estimate of drug-likeness (QED) is 0.846. The number of carboxylic acids is 1. The van der Waals surface area contributed by atoms with Gasteiger partial charge >= 0.3 is 5.97 Å². The van der Waals surface area contributed by atoms with Gasteiger partial charge in [0.05, 0.1) is 6.20 Å². The van der Waals surface area contributed by atoms with Crippen molar-refractivity contribution in [3.8, 4) is 5.69 Å². The molecule has 0 bridgehead atoms. The van der Waals surface area contributed by atoms with Crippen LogP contribution in [-0.4, -0.2) is 20.9 Å². The molecule has 0 spiro atoms. The Balaban J connectivity index is 2.43. The third-order valence-electron chi connectivity index (χ3n) is 2.53. The van der Waals surface area contributed by atoms with Crippen LogP contribution in [0.15, 0.2) is 36.5 Å². The molecular weight excluding hydrogens is 235 g/mol. The standard InChI is InChI=1S/C13H11FN2O2/c1-9-10(6-7-13(17)18)8-15-16(9)12-5-3-2-4-11(12)14/h2-8H,1H3,(H,17,18)/b7-6+. The molecule has 18 heavy (non-hydrogen) atoms. The summed E-state index contributed by atoms with van der Waals surface area (Å²) < 4.78 is 15.0. The number of benzene rings is 1. The summed E-state index contributed by atoms with van der Waals surface area (Å²) in [7, 11) is 0. The number of rotatable bonds is 3. The van der Waals surface area contributed by atoms with Crippen LogP contribution in [0.4, 0.5) is 4.39 Å². The highest BCUT2D eigenvalue weighted by molar-refractivity contribution is 5.85. The van der Waals surface area contributed by atoms with Gasteiger partial charge in [-0.1, -0.05) is 12.1 Å². The molecule has 0 unspecified atom stereocenters. The van der Waals surface area contributed by atoms with Gasteiger partial charge in [-0.3, -0.25) is 0 Å². The Hall–Kier alpha value is -2.43. The van der Waals surface area contributed by atoms with E-state index in [4.69, 9.17) is 5.11 Å². The number of carboxylic acid groups (broad SMARTS) is 1. The average molecular weight is 246 g/mol. The van der Waals surface area contributed by atoms with Crippen LogP contribution >= 0.6 is 0 Å². The van der Waals surface area contributed by atoms with Crippen molar-refractivity contribution in [2.45, 2.75) is 6.92 Å². The summed E-state index contributed by atoms with van der Waals surface area (Å²) in [5, 5.41) is 12.6. The number of para-hydroxylation sites is 1. The van der Waals surface area contributed by atoms with E-state index in [0.29, 0.717) is 16.9 Å². The maximum absolute atomic E-state index is 13.6. The van der Waals surface area contributed by atoms with Gasteiger partial charge in [0.25, 0.3) is 0 Å². The van der Waals surface area contributed by atoms with E-state index in [1.165, 1.54) is 23.0 Å². The topological polar surface area (TPSA) is 55.1 Å². The Kier molecular flexibility index (Phi) is 3.23. The molecule has 0 atom stereocenters. The number of aliphatic carboxylic acids is 1. The summed E-state index contributed by atoms with van der Waals surface area (Å²) >= 11 is 0. The summed E-state index contributed by atoms with van der Waals surface area (Å²) in [6.45, 7) is 1.75. The van der Waals surface area contributed by atoms with E-state index in [1.807, 2.05) is 0 Å². The minimum absolute atomic E-state index is 0.338. The molecule has 0 aliphatic carbocycles. The molecule has 0 aliphatic rings. The molecule has 0 aliphatic heterocycles. The minimum atomic E-state index is -1.03. The number of hydrogen-bond donors (Lipinski definition) is 1. The van der Waals surface area contributed by atoms with Gasteiger partial charge in [-0.25, -0.2) is 13.9 Å². The van der Waals surface area contributed by atoms with Crippen molar-refractivity contribution in [1.82, 2.24) is 9.78 Å². The van der Waals surface area contributed by atoms with Gasteiger partial charge in [-0.15, -0.1) is 0 Å². The summed E-state index contributed by atoms with van der Waals surface area (Å²) in [6, 6.07) is 6.28. The van der Waals surface area contributed by atoms with Crippen molar-refractivity contribution in [2.75, 3.05) is 0 Å². The molecule has 0 saturated carbocycles. The molecular formula is C13H11FN2O2. The molecule has 5 heteroatoms. The monoisotopic (exact) mass is 246 g/mol. The Labute approximate surface area is 103 Å². The van der Waals surface area contributed by atoms with Crippen molar-refractivity contribution < 1.29 is 14.3 Å². The lowest BCUT2D eigenvalue weighted by atomic mass is 10.2. The van der Waals surface area contributed by atoms with Crippen LogP contribution in [0.25, 0.3) is 11.8 Å². The normalized spacial score (nSPS) is 11.0. The highest BCUT2D eigenvalue weighted by atomic mass is 19.1. The predicted molar refractivity (Wildman–Crippen MR) is 64.9 cm³/mol. The average Bonchev–Trinajstić information content (AvgIpc) is 2.69. The second-order valence-corrected chi connectivity index (χ2v) is 3.72. The van der Waals surface area contributed by atoms with E-state index in [-0.39, 0.29) is 5.82 Å². The SMILES string of the molecule is Cc1c(/C=C/C(=O)O)cnn1-c1ccccc1F. The van der Waals surface area contributed by atoms with Crippen molar-refractivity contribution in [2.24, 2.45) is 0 Å². The Morgan fingerprint density at radius 3 is 2.83 bits per heavy atom. The Morgan fingerprint density at radius 1 is 1.44 bits per heavy atom. The Bertz CT molecular complexity index is 617. The van der Waals surface area contributed by atoms with Crippen molar-refractivity contribution >= 4 is 12.0 Å². The fourth-order valence-electron chi connectivity index (χ4n) is 1.61. The number of aromatic nitrogens is 2. The van der Waals surface area contributed by atoms with Crippen LogP contribution < -0.4 is 0 Å². The van der Waals surface area contributed by atoms with Crippen LogP contribution in [0.3, 0.4) is 0 Å². The van der Waals surface area contributed by atoms with Gasteiger partial charge in [0.1, 0.15) is 11.5 Å². The summed E-state index contributed by atoms with van der Waals surface area (Å²) in [5.74, 6) is -1.41. The van der Waals surface area contributed by atoms with Crippen LogP contribution in [-0.2, 0) is 4.79 Å². The van der Waals surface area contributed by atoms with E-state index in [1.54, 1.807) is 25.1 Å². The van der Waals surface area contributed by atoms with Crippen molar-refractivity contribution in [3.05, 3.63) is 53.6 Å². The first kappa shape index (κ1) is 12.0. The smallest absolute Gasteiger partial charge is 0.328 e. The molecule has 0 saturated heterocycles. The van der Waals surface area contributed by atoms with E-state index < -0.39 is 5.97 Å². The molecule has 0 fully saturated rings. The molecule has 4 nitrogen and oxygen atoms in total. The lowest BCUT2D eigenvalue weighted by Crippen LogP contribution is -2.01. The predicted octanol–water partition coefficient (Wildman–Crippen LogP) is 2.42. The highest BCUT2D eigenvalue weighted by Gasteiger charge is 2.09. The number of hydrogen-bond acceptors (Lipinski definition) is 2. The zero-order chi connectivity index (χ0) is 13.1. The fraction of sp³-hybridized carbons (Fsp3) is 0.0769. The van der Waals surface area contributed by atoms with Crippen LogP contribution in [0, 0.1) is 12.7 Å². The number of carbonyl (C=O) groups is 1. The molecule has 92 valence electrons. The molecule has 1 aromatic heterocycles. The van der Waals surface area contributed by atoms with E-state index >= 15 is 0 Å². The van der Waals surface area contributed by atoms with Crippen LogP contribution in [0.5, 0.6) is 0 Å². The first-order chi connectivity index (χ1) is 8.59. The Morgan fingerprint density at radius 2 is 2.17 bits per heavy atom. The molecule has 1 aromatic carbocycles. The largest absolute Gasteiger partial charge is 0.478 e. The number of halogens is 1. The fourth-order valence-corrected chi connectivity index (χ4v) is 1.61.